The lowest BCUT2D eigenvalue weighted by Crippen LogP contribution is -2.46. The molecule has 1 aromatic rings. The van der Waals surface area contributed by atoms with Crippen LogP contribution in [-0.2, 0) is 14.4 Å². The third kappa shape index (κ3) is 5.13. The van der Waals surface area contributed by atoms with Crippen molar-refractivity contribution in [1.29, 1.82) is 0 Å². The van der Waals surface area contributed by atoms with E-state index in [1.165, 1.54) is 18.6 Å². The number of carbonyl (C=O) groups excluding carboxylic acids is 3. The monoisotopic (exact) mass is 417 g/mol. The fourth-order valence-electron chi connectivity index (χ4n) is 4.85. The SMILES string of the molecule is CCCCC(CC(=O)NO)C(=O)N1CC2(CCCC2)CC1C(=O)Nc1cnccn1. The van der Waals surface area contributed by atoms with Crippen molar-refractivity contribution in [3.8, 4) is 0 Å². The van der Waals surface area contributed by atoms with E-state index in [1.54, 1.807) is 10.4 Å². The number of hydroxylamine groups is 1. The molecule has 1 aromatic heterocycles. The summed E-state index contributed by atoms with van der Waals surface area (Å²) in [5.74, 6) is -1.24. The van der Waals surface area contributed by atoms with Gasteiger partial charge in [-0.25, -0.2) is 10.5 Å². The summed E-state index contributed by atoms with van der Waals surface area (Å²) in [6, 6.07) is -0.598. The van der Waals surface area contributed by atoms with Crippen molar-refractivity contribution in [1.82, 2.24) is 20.3 Å². The maximum absolute atomic E-state index is 13.5. The first kappa shape index (κ1) is 22.1. The number of rotatable bonds is 8. The molecule has 1 saturated carbocycles. The smallest absolute Gasteiger partial charge is 0.248 e. The average Bonchev–Trinajstić information content (AvgIpc) is 3.38. The highest BCUT2D eigenvalue weighted by Gasteiger charge is 2.50. The van der Waals surface area contributed by atoms with Crippen LogP contribution < -0.4 is 10.8 Å². The molecule has 2 fully saturated rings. The molecule has 3 N–H and O–H groups in total. The van der Waals surface area contributed by atoms with Crippen molar-refractivity contribution in [2.45, 2.75) is 70.8 Å². The summed E-state index contributed by atoms with van der Waals surface area (Å²) in [7, 11) is 0. The number of anilines is 1. The average molecular weight is 418 g/mol. The molecule has 3 rings (SSSR count). The van der Waals surface area contributed by atoms with Gasteiger partial charge < -0.3 is 10.2 Å². The molecule has 1 aliphatic carbocycles. The second-order valence-electron chi connectivity index (χ2n) is 8.55. The molecule has 9 heteroatoms. The molecule has 1 aliphatic heterocycles. The molecule has 3 amide bonds. The normalized spacial score (nSPS) is 20.9. The minimum atomic E-state index is -0.598. The van der Waals surface area contributed by atoms with Gasteiger partial charge in [0.15, 0.2) is 5.82 Å². The summed E-state index contributed by atoms with van der Waals surface area (Å²) in [6.45, 7) is 2.56. The molecular formula is C21H31N5O4. The Kier molecular flexibility index (Phi) is 7.36. The highest BCUT2D eigenvalue weighted by atomic mass is 16.5. The van der Waals surface area contributed by atoms with E-state index in [-0.39, 0.29) is 23.7 Å². The highest BCUT2D eigenvalue weighted by molar-refractivity contribution is 5.97. The zero-order chi connectivity index (χ0) is 21.6. The minimum absolute atomic E-state index is 0.0332. The van der Waals surface area contributed by atoms with Crippen LogP contribution in [0.1, 0.15) is 64.7 Å². The van der Waals surface area contributed by atoms with E-state index in [4.69, 9.17) is 5.21 Å². The van der Waals surface area contributed by atoms with E-state index in [1.807, 2.05) is 6.92 Å². The van der Waals surface area contributed by atoms with Crippen molar-refractivity contribution < 1.29 is 19.6 Å². The summed E-state index contributed by atoms with van der Waals surface area (Å²) < 4.78 is 0. The van der Waals surface area contributed by atoms with Crippen LogP contribution in [0.4, 0.5) is 5.82 Å². The molecule has 0 bridgehead atoms. The van der Waals surface area contributed by atoms with Gasteiger partial charge in [0.25, 0.3) is 0 Å². The highest BCUT2D eigenvalue weighted by Crippen LogP contribution is 2.48. The van der Waals surface area contributed by atoms with E-state index < -0.39 is 17.9 Å². The van der Waals surface area contributed by atoms with Crippen LogP contribution in [0.5, 0.6) is 0 Å². The van der Waals surface area contributed by atoms with Gasteiger partial charge in [-0.15, -0.1) is 0 Å². The number of unbranched alkanes of at least 4 members (excludes halogenated alkanes) is 1. The Morgan fingerprint density at radius 3 is 2.70 bits per heavy atom. The van der Waals surface area contributed by atoms with Gasteiger partial charge in [0, 0.05) is 31.3 Å². The lowest BCUT2D eigenvalue weighted by Gasteiger charge is -2.28. The molecule has 0 aromatic carbocycles. The van der Waals surface area contributed by atoms with Crippen LogP contribution in [-0.4, -0.2) is 50.4 Å². The first-order valence-corrected chi connectivity index (χ1v) is 10.8. The number of amides is 3. The van der Waals surface area contributed by atoms with Gasteiger partial charge in [0.2, 0.25) is 17.7 Å². The Morgan fingerprint density at radius 2 is 2.07 bits per heavy atom. The zero-order valence-corrected chi connectivity index (χ0v) is 17.5. The Balaban J connectivity index is 1.80. The molecule has 164 valence electrons. The number of nitrogens with zero attached hydrogens (tertiary/aromatic N) is 3. The first-order chi connectivity index (χ1) is 14.5. The molecule has 9 nitrogen and oxygen atoms in total. The maximum atomic E-state index is 13.5. The quantitative estimate of drug-likeness (QED) is 0.440. The van der Waals surface area contributed by atoms with Crippen molar-refractivity contribution in [3.63, 3.8) is 0 Å². The standard InChI is InChI=1S/C21H31N5O4/c1-2-3-6-15(11-18(27)25-30)20(29)26-14-21(7-4-5-8-21)12-16(26)19(28)24-17-13-22-9-10-23-17/h9-10,13,15-16,30H,2-8,11-12,14H2,1H3,(H,25,27)(H,23,24,28). The van der Waals surface area contributed by atoms with Gasteiger partial charge >= 0.3 is 0 Å². The number of aromatic nitrogens is 2. The molecule has 30 heavy (non-hydrogen) atoms. The predicted molar refractivity (Wildman–Crippen MR) is 109 cm³/mol. The molecule has 2 aliphatic rings. The van der Waals surface area contributed by atoms with Gasteiger partial charge in [-0.1, -0.05) is 32.6 Å². The number of nitrogens with one attached hydrogen (secondary N) is 2. The Labute approximate surface area is 176 Å². The molecule has 2 unspecified atom stereocenters. The second kappa shape index (κ2) is 9.97. The third-order valence-corrected chi connectivity index (χ3v) is 6.38. The minimum Gasteiger partial charge on any atom is -0.330 e. The summed E-state index contributed by atoms with van der Waals surface area (Å²) in [4.78, 5) is 48.1. The maximum Gasteiger partial charge on any atom is 0.248 e. The second-order valence-corrected chi connectivity index (χ2v) is 8.55. The Bertz CT molecular complexity index is 751. The van der Waals surface area contributed by atoms with Crippen molar-refractivity contribution in [2.75, 3.05) is 11.9 Å². The van der Waals surface area contributed by atoms with Crippen LogP contribution in [0, 0.1) is 11.3 Å². The Hall–Kier alpha value is -2.55. The van der Waals surface area contributed by atoms with E-state index in [0.29, 0.717) is 25.2 Å². The van der Waals surface area contributed by atoms with Gasteiger partial charge in [-0.05, 0) is 31.1 Å². The number of carbonyl (C=O) groups is 3. The summed E-state index contributed by atoms with van der Waals surface area (Å²) in [5, 5.41) is 11.7. The van der Waals surface area contributed by atoms with Crippen molar-refractivity contribution >= 4 is 23.5 Å². The molecule has 1 saturated heterocycles. The number of hydrogen-bond donors (Lipinski definition) is 3. The zero-order valence-electron chi connectivity index (χ0n) is 17.5. The van der Waals surface area contributed by atoms with Crippen LogP contribution in [0.15, 0.2) is 18.6 Å². The largest absolute Gasteiger partial charge is 0.330 e. The number of hydrogen-bond acceptors (Lipinski definition) is 6. The van der Waals surface area contributed by atoms with Crippen LogP contribution in [0.3, 0.4) is 0 Å². The van der Waals surface area contributed by atoms with Gasteiger partial charge in [0.05, 0.1) is 6.20 Å². The summed E-state index contributed by atoms with van der Waals surface area (Å²) in [6.07, 6.45) is 11.5. The summed E-state index contributed by atoms with van der Waals surface area (Å²) >= 11 is 0. The van der Waals surface area contributed by atoms with E-state index in [2.05, 4.69) is 15.3 Å². The molecular weight excluding hydrogens is 386 g/mol. The lowest BCUT2D eigenvalue weighted by molar-refractivity contribution is -0.143. The van der Waals surface area contributed by atoms with Gasteiger partial charge in [0.1, 0.15) is 6.04 Å². The molecule has 2 atom stereocenters. The molecule has 0 radical (unpaired) electrons. The predicted octanol–water partition coefficient (Wildman–Crippen LogP) is 2.28. The van der Waals surface area contributed by atoms with Crippen LogP contribution in [0.2, 0.25) is 0 Å². The lowest BCUT2D eigenvalue weighted by atomic mass is 9.84. The number of likely N-dealkylation sites (tertiary alicyclic amines) is 1. The van der Waals surface area contributed by atoms with Crippen LogP contribution >= 0.6 is 0 Å². The van der Waals surface area contributed by atoms with Gasteiger partial charge in [-0.2, -0.15) is 0 Å². The van der Waals surface area contributed by atoms with Crippen LogP contribution in [0.25, 0.3) is 0 Å². The van der Waals surface area contributed by atoms with Crippen molar-refractivity contribution in [2.24, 2.45) is 11.3 Å². The van der Waals surface area contributed by atoms with E-state index in [0.717, 1.165) is 38.5 Å². The molecule has 1 spiro atoms. The van der Waals surface area contributed by atoms with E-state index in [9.17, 15) is 14.4 Å². The fourth-order valence-corrected chi connectivity index (χ4v) is 4.85. The Morgan fingerprint density at radius 1 is 1.30 bits per heavy atom. The van der Waals surface area contributed by atoms with Gasteiger partial charge in [-0.3, -0.25) is 24.6 Å². The topological polar surface area (TPSA) is 125 Å². The molecule has 2 heterocycles. The fraction of sp³-hybridized carbons (Fsp3) is 0.667. The first-order valence-electron chi connectivity index (χ1n) is 10.8. The van der Waals surface area contributed by atoms with Crippen molar-refractivity contribution in [3.05, 3.63) is 18.6 Å². The van der Waals surface area contributed by atoms with E-state index >= 15 is 0 Å². The third-order valence-electron chi connectivity index (χ3n) is 6.38. The summed E-state index contributed by atoms with van der Waals surface area (Å²) in [5.41, 5.74) is 1.60.